The van der Waals surface area contributed by atoms with Crippen LogP contribution < -0.4 is 5.73 Å². The molecule has 0 saturated carbocycles. The van der Waals surface area contributed by atoms with Gasteiger partial charge in [0, 0.05) is 11.8 Å². The van der Waals surface area contributed by atoms with Crippen molar-refractivity contribution in [3.05, 3.63) is 35.4 Å². The number of carboxylic acids is 1. The number of esters is 1. The van der Waals surface area contributed by atoms with Crippen LogP contribution in [0.5, 0.6) is 0 Å². The molecule has 0 radical (unpaired) electrons. The molecule has 0 unspecified atom stereocenters. The van der Waals surface area contributed by atoms with Crippen molar-refractivity contribution in [2.45, 2.75) is 6.92 Å². The molecule has 5 nitrogen and oxygen atoms in total. The Hall–Kier alpha value is -2.30. The molecule has 0 aliphatic heterocycles. The molecule has 0 aromatic heterocycles. The van der Waals surface area contributed by atoms with E-state index in [1.165, 1.54) is 18.2 Å². The fraction of sp³-hybridized carbons (Fsp3) is 0.167. The second kappa shape index (κ2) is 5.69. The van der Waals surface area contributed by atoms with Crippen LogP contribution in [0.15, 0.2) is 24.3 Å². The van der Waals surface area contributed by atoms with Crippen molar-refractivity contribution in [3.63, 3.8) is 0 Å². The quantitative estimate of drug-likeness (QED) is 0.469. The summed E-state index contributed by atoms with van der Waals surface area (Å²) in [5.74, 6) is -1.57. The van der Waals surface area contributed by atoms with Gasteiger partial charge in [0.25, 0.3) is 0 Å². The van der Waals surface area contributed by atoms with Crippen LogP contribution in [0.25, 0.3) is 6.08 Å². The third kappa shape index (κ3) is 3.64. The van der Waals surface area contributed by atoms with Crippen LogP contribution >= 0.6 is 0 Å². The van der Waals surface area contributed by atoms with Crippen molar-refractivity contribution < 1.29 is 19.4 Å². The standard InChI is InChI=1S/C12H13NO4/c1-2-17-12(16)9-7-8(3-5-10(9)13)4-6-11(14)15/h3-7H,2,13H2,1H3,(H,14,15). The number of hydrogen-bond donors (Lipinski definition) is 2. The van der Waals surface area contributed by atoms with Crippen molar-refractivity contribution in [3.8, 4) is 0 Å². The predicted molar refractivity (Wildman–Crippen MR) is 63.5 cm³/mol. The van der Waals surface area contributed by atoms with Gasteiger partial charge in [-0.15, -0.1) is 0 Å². The lowest BCUT2D eigenvalue weighted by atomic mass is 10.1. The molecule has 1 aromatic carbocycles. The number of benzene rings is 1. The number of hydrogen-bond acceptors (Lipinski definition) is 4. The summed E-state index contributed by atoms with van der Waals surface area (Å²) in [6.45, 7) is 1.95. The highest BCUT2D eigenvalue weighted by atomic mass is 16.5. The fourth-order valence-electron chi connectivity index (χ4n) is 1.23. The summed E-state index contributed by atoms with van der Waals surface area (Å²) >= 11 is 0. The van der Waals surface area contributed by atoms with E-state index in [4.69, 9.17) is 15.6 Å². The summed E-state index contributed by atoms with van der Waals surface area (Å²) < 4.78 is 4.83. The molecule has 90 valence electrons. The average molecular weight is 235 g/mol. The van der Waals surface area contributed by atoms with E-state index in [0.29, 0.717) is 11.3 Å². The van der Waals surface area contributed by atoms with E-state index in [9.17, 15) is 9.59 Å². The normalized spacial score (nSPS) is 10.4. The van der Waals surface area contributed by atoms with Gasteiger partial charge in [0.2, 0.25) is 0 Å². The van der Waals surface area contributed by atoms with Gasteiger partial charge < -0.3 is 15.6 Å². The number of carboxylic acid groups (broad SMARTS) is 1. The maximum absolute atomic E-state index is 11.5. The smallest absolute Gasteiger partial charge is 0.340 e. The van der Waals surface area contributed by atoms with E-state index >= 15 is 0 Å². The molecule has 0 saturated heterocycles. The molecule has 0 bridgehead atoms. The highest BCUT2D eigenvalue weighted by Crippen LogP contribution is 2.16. The van der Waals surface area contributed by atoms with Crippen molar-refractivity contribution >= 4 is 23.7 Å². The fourth-order valence-corrected chi connectivity index (χ4v) is 1.23. The lowest BCUT2D eigenvalue weighted by Crippen LogP contribution is -2.08. The Morgan fingerprint density at radius 3 is 2.76 bits per heavy atom. The van der Waals surface area contributed by atoms with Gasteiger partial charge in [0.15, 0.2) is 0 Å². The molecule has 0 fully saturated rings. The lowest BCUT2D eigenvalue weighted by Gasteiger charge is -2.05. The van der Waals surface area contributed by atoms with Gasteiger partial charge in [-0.1, -0.05) is 6.07 Å². The van der Waals surface area contributed by atoms with Crippen LogP contribution in [0.1, 0.15) is 22.8 Å². The Morgan fingerprint density at radius 2 is 2.18 bits per heavy atom. The van der Waals surface area contributed by atoms with Crippen LogP contribution in [-0.4, -0.2) is 23.7 Å². The Morgan fingerprint density at radius 1 is 1.47 bits per heavy atom. The minimum atomic E-state index is -1.06. The highest BCUT2D eigenvalue weighted by molar-refractivity contribution is 5.96. The van der Waals surface area contributed by atoms with Crippen LogP contribution in [0.2, 0.25) is 0 Å². The molecule has 5 heteroatoms. The largest absolute Gasteiger partial charge is 0.478 e. The Bertz CT molecular complexity index is 466. The molecule has 0 atom stereocenters. The number of ether oxygens (including phenoxy) is 1. The maximum Gasteiger partial charge on any atom is 0.340 e. The lowest BCUT2D eigenvalue weighted by molar-refractivity contribution is -0.131. The molecule has 0 aliphatic carbocycles. The van der Waals surface area contributed by atoms with Crippen LogP contribution in [-0.2, 0) is 9.53 Å². The average Bonchev–Trinajstić information content (AvgIpc) is 2.28. The van der Waals surface area contributed by atoms with E-state index in [1.54, 1.807) is 13.0 Å². The first-order chi connectivity index (χ1) is 8.04. The van der Waals surface area contributed by atoms with Gasteiger partial charge in [-0.05, 0) is 30.7 Å². The zero-order chi connectivity index (χ0) is 12.8. The molecular weight excluding hydrogens is 222 g/mol. The van der Waals surface area contributed by atoms with E-state index in [-0.39, 0.29) is 12.2 Å². The Kier molecular flexibility index (Phi) is 4.28. The molecule has 3 N–H and O–H groups in total. The van der Waals surface area contributed by atoms with E-state index in [0.717, 1.165) is 6.08 Å². The highest BCUT2D eigenvalue weighted by Gasteiger charge is 2.10. The van der Waals surface area contributed by atoms with Crippen molar-refractivity contribution in [2.75, 3.05) is 12.3 Å². The summed E-state index contributed by atoms with van der Waals surface area (Å²) in [5.41, 5.74) is 6.75. The molecule has 0 amide bonds. The maximum atomic E-state index is 11.5. The van der Waals surface area contributed by atoms with Gasteiger partial charge in [0.05, 0.1) is 12.2 Å². The summed E-state index contributed by atoms with van der Waals surface area (Å²) in [6.07, 6.45) is 2.37. The number of nitrogens with two attached hydrogens (primary N) is 1. The van der Waals surface area contributed by atoms with Crippen molar-refractivity contribution in [2.24, 2.45) is 0 Å². The second-order valence-corrected chi connectivity index (χ2v) is 3.24. The van der Waals surface area contributed by atoms with Gasteiger partial charge in [-0.25, -0.2) is 9.59 Å². The topological polar surface area (TPSA) is 89.6 Å². The number of nitrogen functional groups attached to an aromatic ring is 1. The molecule has 0 spiro atoms. The van der Waals surface area contributed by atoms with Gasteiger partial charge in [-0.2, -0.15) is 0 Å². The Labute approximate surface area is 98.5 Å². The zero-order valence-corrected chi connectivity index (χ0v) is 9.34. The van der Waals surface area contributed by atoms with Crippen molar-refractivity contribution in [1.29, 1.82) is 0 Å². The number of carbonyl (C=O) groups excluding carboxylic acids is 1. The van der Waals surface area contributed by atoms with Crippen LogP contribution in [0, 0.1) is 0 Å². The molecular formula is C12H13NO4. The van der Waals surface area contributed by atoms with Gasteiger partial charge in [-0.3, -0.25) is 0 Å². The summed E-state index contributed by atoms with van der Waals surface area (Å²) in [4.78, 5) is 21.9. The van der Waals surface area contributed by atoms with Crippen LogP contribution in [0.4, 0.5) is 5.69 Å². The van der Waals surface area contributed by atoms with Gasteiger partial charge in [0.1, 0.15) is 0 Å². The third-order valence-electron chi connectivity index (χ3n) is 1.99. The summed E-state index contributed by atoms with van der Waals surface area (Å²) in [7, 11) is 0. The number of anilines is 1. The summed E-state index contributed by atoms with van der Waals surface area (Å²) in [6, 6.07) is 4.65. The first-order valence-corrected chi connectivity index (χ1v) is 5.02. The third-order valence-corrected chi connectivity index (χ3v) is 1.99. The predicted octanol–water partition coefficient (Wildman–Crippen LogP) is 1.54. The number of rotatable bonds is 4. The minimum absolute atomic E-state index is 0.236. The first-order valence-electron chi connectivity index (χ1n) is 5.02. The van der Waals surface area contributed by atoms with Gasteiger partial charge >= 0.3 is 11.9 Å². The van der Waals surface area contributed by atoms with E-state index in [2.05, 4.69) is 0 Å². The van der Waals surface area contributed by atoms with E-state index < -0.39 is 11.9 Å². The van der Waals surface area contributed by atoms with Crippen LogP contribution in [0.3, 0.4) is 0 Å². The molecule has 1 rings (SSSR count). The summed E-state index contributed by atoms with van der Waals surface area (Å²) in [5, 5.41) is 8.49. The molecule has 1 aromatic rings. The Balaban J connectivity index is 3.02. The second-order valence-electron chi connectivity index (χ2n) is 3.24. The number of aliphatic carboxylic acids is 1. The number of carbonyl (C=O) groups is 2. The SMILES string of the molecule is CCOC(=O)c1cc(C=CC(=O)O)ccc1N. The zero-order valence-electron chi connectivity index (χ0n) is 9.34. The molecule has 17 heavy (non-hydrogen) atoms. The van der Waals surface area contributed by atoms with Crippen molar-refractivity contribution in [1.82, 2.24) is 0 Å². The van der Waals surface area contributed by atoms with E-state index in [1.807, 2.05) is 0 Å². The minimum Gasteiger partial charge on any atom is -0.478 e. The first kappa shape index (κ1) is 12.8. The monoisotopic (exact) mass is 235 g/mol. The molecule has 0 heterocycles. The molecule has 0 aliphatic rings.